The lowest BCUT2D eigenvalue weighted by Crippen LogP contribution is -2.31. The molecular weight excluding hydrogens is 426 g/mol. The van der Waals surface area contributed by atoms with Crippen LogP contribution in [-0.2, 0) is 4.79 Å². The number of amides is 1. The quantitative estimate of drug-likeness (QED) is 0.562. The Morgan fingerprint density at radius 3 is 2.30 bits per heavy atom. The molecule has 1 aliphatic rings. The second-order valence-electron chi connectivity index (χ2n) is 7.32. The summed E-state index contributed by atoms with van der Waals surface area (Å²) >= 11 is 0. The molecule has 0 bridgehead atoms. The van der Waals surface area contributed by atoms with Gasteiger partial charge in [0, 0.05) is 11.3 Å². The molecule has 0 saturated heterocycles. The van der Waals surface area contributed by atoms with Crippen molar-refractivity contribution in [3.63, 3.8) is 0 Å². The molecule has 0 radical (unpaired) electrons. The number of ether oxygens (including phenoxy) is 4. The number of nitrogens with two attached hydrogens (primary N) is 1. The molecule has 2 aromatic carbocycles. The maximum atomic E-state index is 12.5. The number of fused-ring (bicyclic) bond motifs is 1. The smallest absolute Gasteiger partial charge is 0.248 e. The van der Waals surface area contributed by atoms with Crippen LogP contribution in [0.15, 0.2) is 47.7 Å². The van der Waals surface area contributed by atoms with Crippen LogP contribution in [0.5, 0.6) is 23.0 Å². The number of carbonyl (C=O) groups is 1. The number of nitrogens with zero attached hydrogens (tertiary/aromatic N) is 3. The lowest BCUT2D eigenvalue weighted by Gasteiger charge is -2.28. The van der Waals surface area contributed by atoms with Crippen LogP contribution < -0.4 is 30.0 Å². The molecule has 1 aliphatic heterocycles. The third kappa shape index (κ3) is 3.79. The lowest BCUT2D eigenvalue weighted by atomic mass is 9.94. The first-order chi connectivity index (χ1) is 15.9. The molecule has 3 N–H and O–H groups in total. The van der Waals surface area contributed by atoms with Crippen LogP contribution in [0, 0.1) is 0 Å². The van der Waals surface area contributed by atoms with Crippen LogP contribution in [-0.4, -0.2) is 49.1 Å². The SMILES string of the molecule is COc1cccc(-c2nc3n(n2)[C@@H](c2cc(OC)c(OC)c(OC)c2)C(C(N)=O)=C(C)N3)c1. The number of nitrogens with one attached hydrogen (secondary N) is 1. The predicted octanol–water partition coefficient (Wildman–Crippen LogP) is 2.75. The van der Waals surface area contributed by atoms with Gasteiger partial charge in [-0.2, -0.15) is 4.98 Å². The average Bonchev–Trinajstić information content (AvgIpc) is 3.25. The minimum absolute atomic E-state index is 0.346. The summed E-state index contributed by atoms with van der Waals surface area (Å²) in [6.45, 7) is 1.77. The van der Waals surface area contributed by atoms with Gasteiger partial charge in [0.15, 0.2) is 17.3 Å². The second kappa shape index (κ2) is 8.73. The van der Waals surface area contributed by atoms with Crippen LogP contribution in [0.1, 0.15) is 18.5 Å². The lowest BCUT2D eigenvalue weighted by molar-refractivity contribution is -0.115. The van der Waals surface area contributed by atoms with Crippen molar-refractivity contribution >= 4 is 11.9 Å². The summed E-state index contributed by atoms with van der Waals surface area (Å²) in [5.74, 6) is 2.36. The molecule has 0 aliphatic carbocycles. The Balaban J connectivity index is 1.92. The molecular formula is C23H25N5O5. The van der Waals surface area contributed by atoms with E-state index in [1.165, 1.54) is 21.3 Å². The highest BCUT2D eigenvalue weighted by atomic mass is 16.5. The van der Waals surface area contributed by atoms with Gasteiger partial charge in [0.05, 0.1) is 34.0 Å². The third-order valence-electron chi connectivity index (χ3n) is 5.45. The Bertz CT molecular complexity index is 1220. The van der Waals surface area contributed by atoms with E-state index in [1.54, 1.807) is 30.8 Å². The molecule has 0 saturated carbocycles. The maximum absolute atomic E-state index is 12.5. The van der Waals surface area contributed by atoms with Crippen LogP contribution >= 0.6 is 0 Å². The Hall–Kier alpha value is -4.21. The molecule has 0 spiro atoms. The summed E-state index contributed by atoms with van der Waals surface area (Å²) < 4.78 is 23.4. The topological polar surface area (TPSA) is 123 Å². The molecule has 4 rings (SSSR count). The first kappa shape index (κ1) is 22.0. The highest BCUT2D eigenvalue weighted by molar-refractivity contribution is 5.95. The van der Waals surface area contributed by atoms with Crippen LogP contribution in [0.25, 0.3) is 11.4 Å². The second-order valence-corrected chi connectivity index (χ2v) is 7.32. The van der Waals surface area contributed by atoms with Crippen molar-refractivity contribution in [2.45, 2.75) is 13.0 Å². The summed E-state index contributed by atoms with van der Waals surface area (Å²) in [4.78, 5) is 17.2. The van der Waals surface area contributed by atoms with Gasteiger partial charge >= 0.3 is 0 Å². The zero-order valence-corrected chi connectivity index (χ0v) is 19.0. The van der Waals surface area contributed by atoms with Crippen molar-refractivity contribution in [1.82, 2.24) is 14.8 Å². The molecule has 3 aromatic rings. The van der Waals surface area contributed by atoms with Crippen molar-refractivity contribution in [3.05, 3.63) is 53.2 Å². The van der Waals surface area contributed by atoms with E-state index >= 15 is 0 Å². The number of primary amides is 1. The summed E-state index contributed by atoms with van der Waals surface area (Å²) in [7, 11) is 6.18. The Labute approximate surface area is 190 Å². The van der Waals surface area contributed by atoms with Gasteiger partial charge < -0.3 is 30.0 Å². The zero-order valence-electron chi connectivity index (χ0n) is 19.0. The summed E-state index contributed by atoms with van der Waals surface area (Å²) in [5, 5.41) is 7.85. The standard InChI is InChI=1S/C23H25N5O5/c1-12-18(21(24)29)19(14-10-16(31-3)20(33-5)17(11-14)32-4)28-23(25-12)26-22(27-28)13-7-6-8-15(9-13)30-2/h6-11,19H,1-5H3,(H2,24,29)(H,25,26,27)/t19-/m0/s1. The van der Waals surface area contributed by atoms with E-state index in [0.29, 0.717) is 51.6 Å². The molecule has 10 nitrogen and oxygen atoms in total. The van der Waals surface area contributed by atoms with Gasteiger partial charge in [0.25, 0.3) is 0 Å². The first-order valence-corrected chi connectivity index (χ1v) is 10.1. The fourth-order valence-electron chi connectivity index (χ4n) is 3.92. The van der Waals surface area contributed by atoms with Gasteiger partial charge in [-0.05, 0) is 36.8 Å². The van der Waals surface area contributed by atoms with Crippen LogP contribution in [0.4, 0.5) is 5.95 Å². The molecule has 172 valence electrons. The van der Waals surface area contributed by atoms with E-state index in [2.05, 4.69) is 10.3 Å². The van der Waals surface area contributed by atoms with Crippen molar-refractivity contribution in [3.8, 4) is 34.4 Å². The zero-order chi connectivity index (χ0) is 23.7. The summed E-state index contributed by atoms with van der Waals surface area (Å²) in [6, 6.07) is 10.3. The van der Waals surface area contributed by atoms with Crippen molar-refractivity contribution < 1.29 is 23.7 Å². The monoisotopic (exact) mass is 451 g/mol. The highest BCUT2D eigenvalue weighted by Crippen LogP contribution is 2.44. The largest absolute Gasteiger partial charge is 0.497 e. The van der Waals surface area contributed by atoms with Gasteiger partial charge in [0.2, 0.25) is 17.6 Å². The van der Waals surface area contributed by atoms with Gasteiger partial charge in [0.1, 0.15) is 11.8 Å². The Morgan fingerprint density at radius 1 is 1.03 bits per heavy atom. The Kier molecular flexibility index (Phi) is 5.82. The van der Waals surface area contributed by atoms with E-state index in [1.807, 2.05) is 24.3 Å². The Morgan fingerprint density at radius 2 is 1.73 bits per heavy atom. The van der Waals surface area contributed by atoms with Crippen molar-refractivity contribution in [2.24, 2.45) is 5.73 Å². The number of benzene rings is 2. The molecule has 10 heteroatoms. The minimum atomic E-state index is -0.667. The van der Waals surface area contributed by atoms with E-state index < -0.39 is 11.9 Å². The molecule has 2 heterocycles. The number of rotatable bonds is 7. The third-order valence-corrected chi connectivity index (χ3v) is 5.45. The highest BCUT2D eigenvalue weighted by Gasteiger charge is 2.34. The summed E-state index contributed by atoms with van der Waals surface area (Å²) in [5.41, 5.74) is 8.15. The van der Waals surface area contributed by atoms with Crippen LogP contribution in [0.3, 0.4) is 0 Å². The fourth-order valence-corrected chi connectivity index (χ4v) is 3.92. The maximum Gasteiger partial charge on any atom is 0.248 e. The van der Waals surface area contributed by atoms with Crippen LogP contribution in [0.2, 0.25) is 0 Å². The van der Waals surface area contributed by atoms with E-state index in [-0.39, 0.29) is 0 Å². The number of aromatic nitrogens is 3. The fraction of sp³-hybridized carbons (Fsp3) is 0.261. The number of anilines is 1. The van der Waals surface area contributed by atoms with E-state index in [4.69, 9.17) is 29.8 Å². The van der Waals surface area contributed by atoms with Crippen molar-refractivity contribution in [1.29, 1.82) is 0 Å². The van der Waals surface area contributed by atoms with Gasteiger partial charge in [-0.15, -0.1) is 5.10 Å². The van der Waals surface area contributed by atoms with Gasteiger partial charge in [-0.25, -0.2) is 4.68 Å². The molecule has 33 heavy (non-hydrogen) atoms. The first-order valence-electron chi connectivity index (χ1n) is 10.1. The predicted molar refractivity (Wildman–Crippen MR) is 122 cm³/mol. The summed E-state index contributed by atoms with van der Waals surface area (Å²) in [6.07, 6.45) is 0. The average molecular weight is 451 g/mol. The number of carbonyl (C=O) groups excluding carboxylic acids is 1. The van der Waals surface area contributed by atoms with Gasteiger partial charge in [-0.1, -0.05) is 12.1 Å². The van der Waals surface area contributed by atoms with E-state index in [0.717, 1.165) is 5.56 Å². The number of methoxy groups -OCH3 is 4. The molecule has 1 aromatic heterocycles. The minimum Gasteiger partial charge on any atom is -0.497 e. The molecule has 1 amide bonds. The normalized spacial score (nSPS) is 14.9. The number of hydrogen-bond acceptors (Lipinski definition) is 8. The van der Waals surface area contributed by atoms with Crippen molar-refractivity contribution in [2.75, 3.05) is 33.8 Å². The number of hydrogen-bond donors (Lipinski definition) is 2. The molecule has 0 fully saturated rings. The van der Waals surface area contributed by atoms with E-state index in [9.17, 15) is 4.79 Å². The molecule has 0 unspecified atom stereocenters. The molecule has 1 atom stereocenters. The van der Waals surface area contributed by atoms with Gasteiger partial charge in [-0.3, -0.25) is 4.79 Å². The number of allylic oxidation sites excluding steroid dienone is 1.